The molecule has 5 rings (SSSR count). The van der Waals surface area contributed by atoms with Crippen molar-refractivity contribution in [3.05, 3.63) is 83.8 Å². The number of benzene rings is 2. The van der Waals surface area contributed by atoms with Crippen LogP contribution in [0.3, 0.4) is 0 Å². The van der Waals surface area contributed by atoms with E-state index in [1.54, 1.807) is 18.0 Å². The highest BCUT2D eigenvalue weighted by atomic mass is 32.2. The van der Waals surface area contributed by atoms with Crippen LogP contribution in [0.4, 0.5) is 0 Å². The Morgan fingerprint density at radius 3 is 2.71 bits per heavy atom. The Kier molecular flexibility index (Phi) is 6.47. The second-order valence-electron chi connectivity index (χ2n) is 8.60. The highest BCUT2D eigenvalue weighted by Gasteiger charge is 2.35. The molecule has 0 aliphatic heterocycles. The fourth-order valence-electron chi connectivity index (χ4n) is 4.40. The minimum atomic E-state index is -0.497. The SMILES string of the molecule is O=C(NC1(CO)CCCC1)c1ccccc1Sc1ccc2c(/C=C/c3ccccn3)n[nH]c2c1. The first kappa shape index (κ1) is 22.4. The molecule has 0 saturated heterocycles. The number of aliphatic hydroxyl groups is 1. The number of nitrogens with one attached hydrogen (secondary N) is 2. The van der Waals surface area contributed by atoms with Gasteiger partial charge in [-0.15, -0.1) is 0 Å². The zero-order valence-electron chi connectivity index (χ0n) is 18.7. The van der Waals surface area contributed by atoms with Crippen LogP contribution in [0.5, 0.6) is 0 Å². The van der Waals surface area contributed by atoms with E-state index in [1.807, 2.05) is 72.8 Å². The van der Waals surface area contributed by atoms with Crippen molar-refractivity contribution in [2.75, 3.05) is 6.61 Å². The maximum atomic E-state index is 13.1. The van der Waals surface area contributed by atoms with Crippen LogP contribution in [0, 0.1) is 0 Å². The molecule has 3 N–H and O–H groups in total. The van der Waals surface area contributed by atoms with Gasteiger partial charge < -0.3 is 10.4 Å². The van der Waals surface area contributed by atoms with E-state index in [2.05, 4.69) is 20.5 Å². The number of H-pyrrole nitrogens is 1. The fraction of sp³-hybridized carbons (Fsp3) is 0.222. The zero-order valence-corrected chi connectivity index (χ0v) is 19.5. The van der Waals surface area contributed by atoms with Gasteiger partial charge in [0.15, 0.2) is 0 Å². The number of nitrogens with zero attached hydrogens (tertiary/aromatic N) is 2. The van der Waals surface area contributed by atoms with Crippen molar-refractivity contribution < 1.29 is 9.90 Å². The number of hydrogen-bond acceptors (Lipinski definition) is 5. The van der Waals surface area contributed by atoms with Crippen LogP contribution < -0.4 is 5.32 Å². The van der Waals surface area contributed by atoms with Crippen LogP contribution in [0.15, 0.2) is 76.7 Å². The smallest absolute Gasteiger partial charge is 0.252 e. The highest BCUT2D eigenvalue weighted by Crippen LogP contribution is 2.34. The molecule has 1 aliphatic carbocycles. The van der Waals surface area contributed by atoms with Crippen molar-refractivity contribution in [1.29, 1.82) is 0 Å². The molecule has 2 aromatic carbocycles. The van der Waals surface area contributed by atoms with Gasteiger partial charge in [-0.25, -0.2) is 0 Å². The first-order valence-corrected chi connectivity index (χ1v) is 12.2. The molecule has 1 amide bonds. The third-order valence-corrected chi connectivity index (χ3v) is 7.33. The Morgan fingerprint density at radius 1 is 1.09 bits per heavy atom. The van der Waals surface area contributed by atoms with E-state index in [1.165, 1.54) is 0 Å². The molecule has 0 atom stereocenters. The van der Waals surface area contributed by atoms with Crippen LogP contribution in [0.1, 0.15) is 47.4 Å². The van der Waals surface area contributed by atoms with Crippen LogP contribution in [0.25, 0.3) is 23.1 Å². The summed E-state index contributed by atoms with van der Waals surface area (Å²) in [5.41, 5.74) is 2.78. The molecule has 34 heavy (non-hydrogen) atoms. The van der Waals surface area contributed by atoms with E-state index in [9.17, 15) is 9.90 Å². The second-order valence-corrected chi connectivity index (χ2v) is 9.72. The molecule has 1 saturated carbocycles. The normalized spacial score (nSPS) is 15.2. The summed E-state index contributed by atoms with van der Waals surface area (Å²) in [5.74, 6) is -0.136. The minimum Gasteiger partial charge on any atom is -0.394 e. The summed E-state index contributed by atoms with van der Waals surface area (Å²) >= 11 is 1.54. The molecule has 0 bridgehead atoms. The molecule has 0 radical (unpaired) electrons. The van der Waals surface area contributed by atoms with Crippen molar-refractivity contribution >= 4 is 40.7 Å². The number of amides is 1. The standard InChI is InChI=1S/C27H26N4O2S/c32-18-27(14-4-5-15-27)29-26(33)22-8-1-2-9-25(22)34-20-11-12-21-23(30-31-24(21)17-20)13-10-19-7-3-6-16-28-19/h1-3,6-13,16-17,32H,4-5,14-15,18H2,(H,29,33)(H,30,31)/b13-10+. The Bertz CT molecular complexity index is 1330. The maximum Gasteiger partial charge on any atom is 0.252 e. The van der Waals surface area contributed by atoms with Crippen LogP contribution in [-0.2, 0) is 0 Å². The van der Waals surface area contributed by atoms with Gasteiger partial charge in [0.05, 0.1) is 34.6 Å². The molecular weight excluding hydrogens is 444 g/mol. The number of hydrogen-bond donors (Lipinski definition) is 3. The third-order valence-electron chi connectivity index (χ3n) is 6.27. The summed E-state index contributed by atoms with van der Waals surface area (Å²) in [7, 11) is 0. The third kappa shape index (κ3) is 4.76. The Balaban J connectivity index is 1.36. The van der Waals surface area contributed by atoms with Crippen molar-refractivity contribution in [3.63, 3.8) is 0 Å². The molecular formula is C27H26N4O2S. The molecule has 2 aromatic heterocycles. The van der Waals surface area contributed by atoms with Gasteiger partial charge in [-0.05, 0) is 67.5 Å². The van der Waals surface area contributed by atoms with Gasteiger partial charge in [0.25, 0.3) is 5.91 Å². The molecule has 2 heterocycles. The van der Waals surface area contributed by atoms with Gasteiger partial charge in [-0.3, -0.25) is 14.9 Å². The van der Waals surface area contributed by atoms with Gasteiger partial charge in [-0.2, -0.15) is 5.10 Å². The Morgan fingerprint density at radius 2 is 1.91 bits per heavy atom. The van der Waals surface area contributed by atoms with E-state index in [0.717, 1.165) is 57.8 Å². The number of rotatable bonds is 7. The first-order chi connectivity index (χ1) is 16.7. The lowest BCUT2D eigenvalue weighted by molar-refractivity contribution is 0.0835. The number of aromatic nitrogens is 3. The second kappa shape index (κ2) is 9.83. The van der Waals surface area contributed by atoms with Crippen LogP contribution in [0.2, 0.25) is 0 Å². The lowest BCUT2D eigenvalue weighted by Gasteiger charge is -2.28. The predicted octanol–water partition coefficient (Wildman–Crippen LogP) is 5.31. The molecule has 1 fully saturated rings. The molecule has 4 aromatic rings. The predicted molar refractivity (Wildman–Crippen MR) is 136 cm³/mol. The molecule has 6 nitrogen and oxygen atoms in total. The lowest BCUT2D eigenvalue weighted by atomic mass is 9.98. The van der Waals surface area contributed by atoms with Gasteiger partial charge in [-0.1, -0.05) is 42.8 Å². The number of aromatic amines is 1. The fourth-order valence-corrected chi connectivity index (χ4v) is 5.39. The first-order valence-electron chi connectivity index (χ1n) is 11.4. The summed E-state index contributed by atoms with van der Waals surface area (Å²) < 4.78 is 0. The van der Waals surface area contributed by atoms with E-state index in [0.29, 0.717) is 5.56 Å². The van der Waals surface area contributed by atoms with Gasteiger partial charge in [0, 0.05) is 21.4 Å². The quantitative estimate of drug-likeness (QED) is 0.340. The molecule has 7 heteroatoms. The summed E-state index contributed by atoms with van der Waals surface area (Å²) in [6, 6.07) is 19.5. The largest absolute Gasteiger partial charge is 0.394 e. The Labute approximate surface area is 202 Å². The summed E-state index contributed by atoms with van der Waals surface area (Å²) in [4.78, 5) is 19.3. The number of carbonyl (C=O) groups excluding carboxylic acids is 1. The summed E-state index contributed by atoms with van der Waals surface area (Å²) in [6.45, 7) is -0.0261. The number of fused-ring (bicyclic) bond motifs is 1. The number of aliphatic hydroxyl groups excluding tert-OH is 1. The van der Waals surface area contributed by atoms with E-state index in [4.69, 9.17) is 0 Å². The van der Waals surface area contributed by atoms with Crippen molar-refractivity contribution in [1.82, 2.24) is 20.5 Å². The Hall–Kier alpha value is -3.42. The number of pyridine rings is 1. The van der Waals surface area contributed by atoms with Gasteiger partial charge >= 0.3 is 0 Å². The van der Waals surface area contributed by atoms with E-state index < -0.39 is 5.54 Å². The topological polar surface area (TPSA) is 90.9 Å². The van der Waals surface area contributed by atoms with Gasteiger partial charge in [0.2, 0.25) is 0 Å². The van der Waals surface area contributed by atoms with Crippen LogP contribution >= 0.6 is 11.8 Å². The molecule has 0 unspecified atom stereocenters. The lowest BCUT2D eigenvalue weighted by Crippen LogP contribution is -2.49. The van der Waals surface area contributed by atoms with Crippen molar-refractivity contribution in [3.8, 4) is 0 Å². The van der Waals surface area contributed by atoms with Crippen molar-refractivity contribution in [2.24, 2.45) is 0 Å². The average molecular weight is 471 g/mol. The van der Waals surface area contributed by atoms with Crippen LogP contribution in [-0.4, -0.2) is 38.3 Å². The summed E-state index contributed by atoms with van der Waals surface area (Å²) in [6.07, 6.45) is 9.35. The van der Waals surface area contributed by atoms with Crippen molar-refractivity contribution in [2.45, 2.75) is 41.0 Å². The highest BCUT2D eigenvalue weighted by molar-refractivity contribution is 7.99. The van der Waals surface area contributed by atoms with E-state index in [-0.39, 0.29) is 12.5 Å². The molecule has 172 valence electrons. The molecule has 1 aliphatic rings. The maximum absolute atomic E-state index is 13.1. The van der Waals surface area contributed by atoms with E-state index >= 15 is 0 Å². The average Bonchev–Trinajstić information content (AvgIpc) is 3.51. The summed E-state index contributed by atoms with van der Waals surface area (Å²) in [5, 5.41) is 21.6. The number of carbonyl (C=O) groups is 1. The van der Waals surface area contributed by atoms with Gasteiger partial charge in [0.1, 0.15) is 0 Å². The molecule has 0 spiro atoms. The monoisotopic (exact) mass is 470 g/mol. The minimum absolute atomic E-state index is 0.0261. The zero-order chi connectivity index (χ0) is 23.4.